The third kappa shape index (κ3) is 2.63. The predicted molar refractivity (Wildman–Crippen MR) is 86.6 cm³/mol. The predicted octanol–water partition coefficient (Wildman–Crippen LogP) is 4.57. The number of aliphatic hydroxyl groups excluding tert-OH is 1. The molecule has 2 nitrogen and oxygen atoms in total. The molecule has 3 aromatic rings. The second kappa shape index (κ2) is 5.58. The van der Waals surface area contributed by atoms with Gasteiger partial charge in [-0.1, -0.05) is 42.5 Å². The second-order valence-electron chi connectivity index (χ2n) is 5.20. The van der Waals surface area contributed by atoms with E-state index in [1.807, 2.05) is 30.3 Å². The molecule has 0 radical (unpaired) electrons. The van der Waals surface area contributed by atoms with Gasteiger partial charge < -0.3 is 9.84 Å². The van der Waals surface area contributed by atoms with E-state index in [2.05, 4.69) is 30.3 Å². The first kappa shape index (κ1) is 13.7. The van der Waals surface area contributed by atoms with E-state index < -0.39 is 6.10 Å². The molecule has 3 aromatic carbocycles. The summed E-state index contributed by atoms with van der Waals surface area (Å²) < 4.78 is 5.43. The fourth-order valence-electron chi connectivity index (χ4n) is 2.57. The molecule has 21 heavy (non-hydrogen) atoms. The minimum Gasteiger partial charge on any atom is -0.496 e. The van der Waals surface area contributed by atoms with Crippen molar-refractivity contribution in [3.05, 3.63) is 66.2 Å². The molecule has 1 N–H and O–H groups in total. The summed E-state index contributed by atoms with van der Waals surface area (Å²) in [5.74, 6) is 0.873. The van der Waals surface area contributed by atoms with Crippen LogP contribution in [0, 0.1) is 0 Å². The lowest BCUT2D eigenvalue weighted by atomic mass is 9.98. The van der Waals surface area contributed by atoms with E-state index in [-0.39, 0.29) is 0 Å². The summed E-state index contributed by atoms with van der Waals surface area (Å²) >= 11 is 0. The molecule has 2 heteroatoms. The number of ether oxygens (including phenoxy) is 1. The average Bonchev–Trinajstić information content (AvgIpc) is 2.53. The van der Waals surface area contributed by atoms with Gasteiger partial charge in [-0.05, 0) is 47.0 Å². The Labute approximate surface area is 124 Å². The molecular formula is C19H18O2. The van der Waals surface area contributed by atoms with Crippen molar-refractivity contribution in [3.8, 4) is 16.9 Å². The van der Waals surface area contributed by atoms with Crippen LogP contribution in [0.4, 0.5) is 0 Å². The molecule has 0 saturated carbocycles. The second-order valence-corrected chi connectivity index (χ2v) is 5.20. The number of hydrogen-bond acceptors (Lipinski definition) is 2. The summed E-state index contributed by atoms with van der Waals surface area (Å²) in [5, 5.41) is 12.0. The largest absolute Gasteiger partial charge is 0.496 e. The van der Waals surface area contributed by atoms with Crippen LogP contribution in [0.5, 0.6) is 5.75 Å². The third-order valence-corrected chi connectivity index (χ3v) is 3.76. The molecule has 0 aromatic heterocycles. The molecule has 0 bridgehead atoms. The van der Waals surface area contributed by atoms with Crippen LogP contribution in [0.15, 0.2) is 60.7 Å². The molecule has 1 unspecified atom stereocenters. The number of rotatable bonds is 3. The fourth-order valence-corrected chi connectivity index (χ4v) is 2.57. The van der Waals surface area contributed by atoms with Crippen molar-refractivity contribution >= 4 is 10.8 Å². The van der Waals surface area contributed by atoms with Crippen LogP contribution >= 0.6 is 0 Å². The van der Waals surface area contributed by atoms with Gasteiger partial charge in [0.25, 0.3) is 0 Å². The van der Waals surface area contributed by atoms with Crippen LogP contribution in [-0.4, -0.2) is 12.2 Å². The van der Waals surface area contributed by atoms with Crippen molar-refractivity contribution in [1.29, 1.82) is 0 Å². The molecule has 0 aliphatic carbocycles. The normalized spacial score (nSPS) is 12.3. The maximum Gasteiger partial charge on any atom is 0.126 e. The summed E-state index contributed by atoms with van der Waals surface area (Å²) in [5.41, 5.74) is 3.15. The minimum atomic E-state index is -0.441. The zero-order valence-electron chi connectivity index (χ0n) is 12.2. The average molecular weight is 278 g/mol. The van der Waals surface area contributed by atoms with Gasteiger partial charge in [-0.2, -0.15) is 0 Å². The van der Waals surface area contributed by atoms with Crippen molar-refractivity contribution in [2.75, 3.05) is 7.11 Å². The quantitative estimate of drug-likeness (QED) is 0.760. The first-order chi connectivity index (χ1) is 10.2. The Morgan fingerprint density at radius 3 is 2.38 bits per heavy atom. The maximum absolute atomic E-state index is 9.67. The summed E-state index contributed by atoms with van der Waals surface area (Å²) in [7, 11) is 1.69. The van der Waals surface area contributed by atoms with Crippen LogP contribution in [-0.2, 0) is 0 Å². The van der Waals surface area contributed by atoms with E-state index in [4.69, 9.17) is 4.74 Å². The molecule has 0 saturated heterocycles. The lowest BCUT2D eigenvalue weighted by Crippen LogP contribution is -1.91. The van der Waals surface area contributed by atoms with Crippen LogP contribution in [0.3, 0.4) is 0 Å². The van der Waals surface area contributed by atoms with Crippen LogP contribution in [0.1, 0.15) is 18.6 Å². The lowest BCUT2D eigenvalue weighted by Gasteiger charge is -2.10. The van der Waals surface area contributed by atoms with E-state index >= 15 is 0 Å². The number of aliphatic hydroxyl groups is 1. The van der Waals surface area contributed by atoms with Gasteiger partial charge in [0.2, 0.25) is 0 Å². The van der Waals surface area contributed by atoms with Crippen molar-refractivity contribution in [2.24, 2.45) is 0 Å². The first-order valence-electron chi connectivity index (χ1n) is 7.04. The molecule has 0 heterocycles. The first-order valence-corrected chi connectivity index (χ1v) is 7.04. The van der Waals surface area contributed by atoms with Gasteiger partial charge in [0.15, 0.2) is 0 Å². The molecule has 0 aliphatic rings. The third-order valence-electron chi connectivity index (χ3n) is 3.76. The molecule has 1 atom stereocenters. The van der Waals surface area contributed by atoms with Gasteiger partial charge >= 0.3 is 0 Å². The number of hydrogen-bond donors (Lipinski definition) is 1. The number of para-hydroxylation sites is 1. The zero-order chi connectivity index (χ0) is 14.8. The lowest BCUT2D eigenvalue weighted by molar-refractivity contribution is 0.199. The SMILES string of the molecule is COc1ccccc1-c1ccc2cc(C(C)O)ccc2c1. The Morgan fingerprint density at radius 2 is 1.62 bits per heavy atom. The Hall–Kier alpha value is -2.32. The number of methoxy groups -OCH3 is 1. The standard InChI is InChI=1S/C19H18O2/c1-13(20)14-7-8-16-12-17(10-9-15(16)11-14)18-5-3-4-6-19(18)21-2/h3-13,20H,1-2H3. The summed E-state index contributed by atoms with van der Waals surface area (Å²) in [6.07, 6.45) is -0.441. The molecule has 0 spiro atoms. The molecule has 0 aliphatic heterocycles. The van der Waals surface area contributed by atoms with Gasteiger partial charge in [0.1, 0.15) is 5.75 Å². The van der Waals surface area contributed by atoms with E-state index in [1.54, 1.807) is 14.0 Å². The Bertz CT molecular complexity index is 775. The smallest absolute Gasteiger partial charge is 0.126 e. The van der Waals surface area contributed by atoms with E-state index in [0.29, 0.717) is 0 Å². The van der Waals surface area contributed by atoms with Gasteiger partial charge in [-0.15, -0.1) is 0 Å². The number of benzene rings is 3. The highest BCUT2D eigenvalue weighted by Crippen LogP contribution is 2.32. The Balaban J connectivity index is 2.11. The Morgan fingerprint density at radius 1 is 0.905 bits per heavy atom. The van der Waals surface area contributed by atoms with Crippen molar-refractivity contribution in [1.82, 2.24) is 0 Å². The minimum absolute atomic E-state index is 0.441. The van der Waals surface area contributed by atoms with Gasteiger partial charge in [0, 0.05) is 5.56 Å². The summed E-state index contributed by atoms with van der Waals surface area (Å²) in [6, 6.07) is 20.4. The van der Waals surface area contributed by atoms with E-state index in [9.17, 15) is 5.11 Å². The maximum atomic E-state index is 9.67. The molecule has 0 fully saturated rings. The highest BCUT2D eigenvalue weighted by atomic mass is 16.5. The molecule has 106 valence electrons. The van der Waals surface area contributed by atoms with Gasteiger partial charge in [-0.3, -0.25) is 0 Å². The molecule has 0 amide bonds. The van der Waals surface area contributed by atoms with E-state index in [1.165, 1.54) is 0 Å². The molecular weight excluding hydrogens is 260 g/mol. The summed E-state index contributed by atoms with van der Waals surface area (Å²) in [4.78, 5) is 0. The highest BCUT2D eigenvalue weighted by Gasteiger charge is 2.07. The van der Waals surface area contributed by atoms with Crippen molar-refractivity contribution < 1.29 is 9.84 Å². The van der Waals surface area contributed by atoms with Gasteiger partial charge in [0.05, 0.1) is 13.2 Å². The van der Waals surface area contributed by atoms with E-state index in [0.717, 1.165) is 33.2 Å². The van der Waals surface area contributed by atoms with Crippen molar-refractivity contribution in [3.63, 3.8) is 0 Å². The van der Waals surface area contributed by atoms with Gasteiger partial charge in [-0.25, -0.2) is 0 Å². The van der Waals surface area contributed by atoms with Crippen molar-refractivity contribution in [2.45, 2.75) is 13.0 Å². The zero-order valence-corrected chi connectivity index (χ0v) is 12.2. The Kier molecular flexibility index (Phi) is 3.63. The number of fused-ring (bicyclic) bond motifs is 1. The highest BCUT2D eigenvalue weighted by molar-refractivity contribution is 5.88. The summed E-state index contributed by atoms with van der Waals surface area (Å²) in [6.45, 7) is 1.78. The van der Waals surface area contributed by atoms with Crippen LogP contribution < -0.4 is 4.74 Å². The monoisotopic (exact) mass is 278 g/mol. The molecule has 3 rings (SSSR count). The fraction of sp³-hybridized carbons (Fsp3) is 0.158. The van der Waals surface area contributed by atoms with Crippen LogP contribution in [0.25, 0.3) is 21.9 Å². The topological polar surface area (TPSA) is 29.5 Å². The van der Waals surface area contributed by atoms with Crippen LogP contribution in [0.2, 0.25) is 0 Å².